The molecule has 110 valence electrons. The van der Waals surface area contributed by atoms with Crippen molar-refractivity contribution in [3.05, 3.63) is 29.9 Å². The van der Waals surface area contributed by atoms with E-state index >= 15 is 0 Å². The summed E-state index contributed by atoms with van der Waals surface area (Å²) in [6.07, 6.45) is 1.45. The van der Waals surface area contributed by atoms with Crippen molar-refractivity contribution in [3.63, 3.8) is 0 Å². The number of hydrazine groups is 1. The Morgan fingerprint density at radius 2 is 2.38 bits per heavy atom. The molecule has 3 rings (SSSR count). The number of anilines is 1. The first-order valence-electron chi connectivity index (χ1n) is 6.02. The van der Waals surface area contributed by atoms with Crippen LogP contribution in [-0.4, -0.2) is 26.4 Å². The van der Waals surface area contributed by atoms with Crippen molar-refractivity contribution in [3.8, 4) is 0 Å². The summed E-state index contributed by atoms with van der Waals surface area (Å²) in [6, 6.07) is 2.78. The number of imide groups is 1. The van der Waals surface area contributed by atoms with E-state index in [0.29, 0.717) is 16.5 Å². The van der Waals surface area contributed by atoms with Crippen LogP contribution in [-0.2, 0) is 16.9 Å². The van der Waals surface area contributed by atoms with Gasteiger partial charge in [-0.05, 0) is 19.1 Å². The lowest BCUT2D eigenvalue weighted by molar-refractivity contribution is -0.132. The van der Waals surface area contributed by atoms with Gasteiger partial charge in [-0.2, -0.15) is 0 Å². The number of nitrogen functional groups attached to an aromatic ring is 1. The summed E-state index contributed by atoms with van der Waals surface area (Å²) in [5.74, 6) is 5.28. The second-order valence-corrected chi connectivity index (χ2v) is 5.37. The van der Waals surface area contributed by atoms with E-state index < -0.39 is 17.5 Å². The highest BCUT2D eigenvalue weighted by molar-refractivity contribution is 7.10. The van der Waals surface area contributed by atoms with Crippen molar-refractivity contribution in [1.82, 2.24) is 19.8 Å². The molecule has 2 aromatic heterocycles. The lowest BCUT2D eigenvalue weighted by atomic mass is 9.99. The molecule has 0 saturated carbocycles. The third kappa shape index (κ3) is 2.04. The number of rotatable bonds is 4. The summed E-state index contributed by atoms with van der Waals surface area (Å²) in [5.41, 5.74) is 1.64. The van der Waals surface area contributed by atoms with Crippen LogP contribution in [0, 0.1) is 0 Å². The molecule has 1 unspecified atom stereocenters. The van der Waals surface area contributed by atoms with Crippen LogP contribution in [0.25, 0.3) is 0 Å². The van der Waals surface area contributed by atoms with E-state index in [1.54, 1.807) is 19.1 Å². The van der Waals surface area contributed by atoms with Gasteiger partial charge in [-0.25, -0.2) is 10.6 Å². The highest BCUT2D eigenvalue weighted by Crippen LogP contribution is 2.30. The Hall–Kier alpha value is -2.46. The van der Waals surface area contributed by atoms with Crippen LogP contribution in [0.2, 0.25) is 0 Å². The average Bonchev–Trinajstić information content (AvgIpc) is 3.17. The van der Waals surface area contributed by atoms with Crippen LogP contribution in [0.3, 0.4) is 0 Å². The predicted octanol–water partition coefficient (Wildman–Crippen LogP) is 0.384. The molecule has 3 heterocycles. The van der Waals surface area contributed by atoms with Crippen molar-refractivity contribution in [2.45, 2.75) is 19.0 Å². The largest absolute Gasteiger partial charge is 0.466 e. The maximum absolute atomic E-state index is 12.5. The van der Waals surface area contributed by atoms with Gasteiger partial charge in [0.25, 0.3) is 5.91 Å². The minimum absolute atomic E-state index is 0.0169. The van der Waals surface area contributed by atoms with Gasteiger partial charge in [-0.1, -0.05) is 4.49 Å². The number of amides is 3. The number of hydrogen-bond acceptors (Lipinski definition) is 8. The summed E-state index contributed by atoms with van der Waals surface area (Å²) in [5, 5.41) is 6.99. The second kappa shape index (κ2) is 4.82. The molecule has 3 amide bonds. The number of urea groups is 1. The van der Waals surface area contributed by atoms with Gasteiger partial charge in [0.15, 0.2) is 5.54 Å². The smallest absolute Gasteiger partial charge is 0.325 e. The number of carbonyl (C=O) groups excluding carboxylic acids is 2. The minimum atomic E-state index is -1.22. The zero-order valence-corrected chi connectivity index (χ0v) is 11.8. The monoisotopic (exact) mass is 308 g/mol. The molecule has 0 spiro atoms. The Bertz CT molecular complexity index is 684. The Balaban J connectivity index is 1.88. The minimum Gasteiger partial charge on any atom is -0.466 e. The average molecular weight is 308 g/mol. The molecule has 1 saturated heterocycles. The molecule has 1 fully saturated rings. The SMILES string of the molecule is CC1(c2ccco2)NC(=O)N(Cc2nnsc2NN)C1=O. The molecule has 1 atom stereocenters. The number of carbonyl (C=O) groups is 2. The van der Waals surface area contributed by atoms with Crippen LogP contribution in [0.5, 0.6) is 0 Å². The van der Waals surface area contributed by atoms with E-state index in [4.69, 9.17) is 10.3 Å². The van der Waals surface area contributed by atoms with Crippen molar-refractivity contribution in [2.24, 2.45) is 5.84 Å². The van der Waals surface area contributed by atoms with Crippen LogP contribution in [0.15, 0.2) is 22.8 Å². The fourth-order valence-corrected chi connectivity index (χ4v) is 2.63. The van der Waals surface area contributed by atoms with Gasteiger partial charge >= 0.3 is 6.03 Å². The van der Waals surface area contributed by atoms with Gasteiger partial charge in [-0.3, -0.25) is 9.69 Å². The van der Waals surface area contributed by atoms with Gasteiger partial charge in [0.1, 0.15) is 16.5 Å². The maximum atomic E-state index is 12.5. The summed E-state index contributed by atoms with van der Waals surface area (Å²) in [7, 11) is 0. The highest BCUT2D eigenvalue weighted by atomic mass is 32.1. The Morgan fingerprint density at radius 3 is 3.05 bits per heavy atom. The zero-order chi connectivity index (χ0) is 15.0. The molecular weight excluding hydrogens is 296 g/mol. The number of nitrogens with one attached hydrogen (secondary N) is 2. The lowest BCUT2D eigenvalue weighted by Crippen LogP contribution is -2.40. The topological polar surface area (TPSA) is 126 Å². The molecule has 0 aliphatic carbocycles. The van der Waals surface area contributed by atoms with E-state index in [1.165, 1.54) is 6.26 Å². The van der Waals surface area contributed by atoms with E-state index in [1.807, 2.05) is 0 Å². The standard InChI is InChI=1S/C11H12N6O3S/c1-11(7-3-2-4-20-7)9(18)17(10(19)13-11)5-6-8(14-12)21-16-15-6/h2-4,14H,5,12H2,1H3,(H,13,19). The molecule has 0 aromatic carbocycles. The van der Waals surface area contributed by atoms with Crippen LogP contribution < -0.4 is 16.6 Å². The molecule has 2 aromatic rings. The van der Waals surface area contributed by atoms with Gasteiger partial charge in [0.05, 0.1) is 12.8 Å². The van der Waals surface area contributed by atoms with Crippen molar-refractivity contribution in [1.29, 1.82) is 0 Å². The van der Waals surface area contributed by atoms with Crippen LogP contribution >= 0.6 is 11.5 Å². The third-order valence-corrected chi connectivity index (χ3v) is 3.98. The van der Waals surface area contributed by atoms with Gasteiger partial charge in [0.2, 0.25) is 0 Å². The summed E-state index contributed by atoms with van der Waals surface area (Å²) in [6.45, 7) is 1.57. The first kappa shape index (κ1) is 13.5. The normalized spacial score (nSPS) is 21.7. The van der Waals surface area contributed by atoms with E-state index in [0.717, 1.165) is 16.4 Å². The zero-order valence-electron chi connectivity index (χ0n) is 11.0. The van der Waals surface area contributed by atoms with Gasteiger partial charge in [0, 0.05) is 11.5 Å². The van der Waals surface area contributed by atoms with Crippen LogP contribution in [0.1, 0.15) is 18.4 Å². The molecule has 1 aliphatic heterocycles. The van der Waals surface area contributed by atoms with Gasteiger partial charge in [-0.15, -0.1) is 5.10 Å². The maximum Gasteiger partial charge on any atom is 0.325 e. The first-order valence-corrected chi connectivity index (χ1v) is 6.79. The lowest BCUT2D eigenvalue weighted by Gasteiger charge is -2.18. The quantitative estimate of drug-likeness (QED) is 0.423. The highest BCUT2D eigenvalue weighted by Gasteiger charge is 2.51. The van der Waals surface area contributed by atoms with Gasteiger partial charge < -0.3 is 15.2 Å². The van der Waals surface area contributed by atoms with Crippen molar-refractivity contribution < 1.29 is 14.0 Å². The first-order chi connectivity index (χ1) is 10.1. The number of nitrogens with zero attached hydrogens (tertiary/aromatic N) is 3. The van der Waals surface area contributed by atoms with E-state index in [-0.39, 0.29) is 6.54 Å². The molecule has 10 heteroatoms. The summed E-state index contributed by atoms with van der Waals surface area (Å²) >= 11 is 1.05. The molecule has 1 aliphatic rings. The third-order valence-electron chi connectivity index (χ3n) is 3.28. The predicted molar refractivity (Wildman–Crippen MR) is 72.9 cm³/mol. The second-order valence-electron chi connectivity index (χ2n) is 4.62. The summed E-state index contributed by atoms with van der Waals surface area (Å²) in [4.78, 5) is 25.7. The molecule has 4 N–H and O–H groups in total. The Kier molecular flexibility index (Phi) is 3.11. The molecular formula is C11H12N6O3S. The van der Waals surface area contributed by atoms with Crippen molar-refractivity contribution >= 4 is 28.5 Å². The summed E-state index contributed by atoms with van der Waals surface area (Å²) < 4.78 is 8.98. The Morgan fingerprint density at radius 1 is 1.57 bits per heavy atom. The van der Waals surface area contributed by atoms with Crippen LogP contribution in [0.4, 0.5) is 9.80 Å². The molecule has 21 heavy (non-hydrogen) atoms. The fourth-order valence-electron chi connectivity index (χ4n) is 2.14. The number of aromatic nitrogens is 2. The van der Waals surface area contributed by atoms with E-state index in [9.17, 15) is 9.59 Å². The molecule has 0 bridgehead atoms. The molecule has 9 nitrogen and oxygen atoms in total. The van der Waals surface area contributed by atoms with Crippen molar-refractivity contribution in [2.75, 3.05) is 5.43 Å². The fraction of sp³-hybridized carbons (Fsp3) is 0.273. The number of furan rings is 1. The Labute approximate surface area is 123 Å². The number of nitrogens with two attached hydrogens (primary N) is 1. The van der Waals surface area contributed by atoms with E-state index in [2.05, 4.69) is 20.3 Å². The molecule has 0 radical (unpaired) electrons. The number of hydrogen-bond donors (Lipinski definition) is 3.